The van der Waals surface area contributed by atoms with Crippen molar-refractivity contribution in [1.29, 1.82) is 0 Å². The van der Waals surface area contributed by atoms with Crippen LogP contribution in [0, 0.1) is 13.8 Å². The van der Waals surface area contributed by atoms with Crippen LogP contribution in [-0.2, 0) is 4.74 Å². The van der Waals surface area contributed by atoms with Gasteiger partial charge in [-0.2, -0.15) is 0 Å². The Balaban J connectivity index is 2.19. The van der Waals surface area contributed by atoms with Gasteiger partial charge in [-0.1, -0.05) is 17.8 Å². The van der Waals surface area contributed by atoms with Crippen molar-refractivity contribution in [3.8, 4) is 0 Å². The lowest BCUT2D eigenvalue weighted by Crippen LogP contribution is -2.35. The zero-order valence-electron chi connectivity index (χ0n) is 13.9. The third-order valence-corrected chi connectivity index (χ3v) is 4.51. The minimum Gasteiger partial charge on any atom is -0.383 e. The molecule has 1 aromatic heterocycles. The maximum absolute atomic E-state index is 12.4. The van der Waals surface area contributed by atoms with E-state index in [1.807, 2.05) is 6.92 Å². The van der Waals surface area contributed by atoms with E-state index in [1.165, 1.54) is 22.9 Å². The first-order valence-electron chi connectivity index (χ1n) is 7.51. The molecule has 0 saturated heterocycles. The van der Waals surface area contributed by atoms with E-state index in [4.69, 9.17) is 4.74 Å². The number of hydrogen-bond acceptors (Lipinski definition) is 4. The number of carbonyl (C=O) groups is 1. The van der Waals surface area contributed by atoms with Crippen molar-refractivity contribution in [2.75, 3.05) is 13.7 Å². The third-order valence-electron chi connectivity index (χ3n) is 3.50. The lowest BCUT2D eigenvalue weighted by atomic mass is 10.1. The Labute approximate surface area is 141 Å². The first-order chi connectivity index (χ1) is 11.0. The number of aryl methyl sites for hydroxylation is 2. The van der Waals surface area contributed by atoms with Crippen LogP contribution in [-0.4, -0.2) is 30.6 Å². The summed E-state index contributed by atoms with van der Waals surface area (Å²) in [5, 5.41) is 3.63. The summed E-state index contributed by atoms with van der Waals surface area (Å²) in [7, 11) is 1.62. The van der Waals surface area contributed by atoms with E-state index in [2.05, 4.69) is 42.3 Å². The van der Waals surface area contributed by atoms with Crippen LogP contribution < -0.4 is 5.32 Å². The molecule has 1 atom stereocenters. The Morgan fingerprint density at radius 1 is 1.30 bits per heavy atom. The van der Waals surface area contributed by atoms with Gasteiger partial charge in [0, 0.05) is 24.2 Å². The summed E-state index contributed by atoms with van der Waals surface area (Å²) in [4.78, 5) is 17.9. The summed E-state index contributed by atoms with van der Waals surface area (Å²) in [6.07, 6.45) is 1.71. The average Bonchev–Trinajstić information content (AvgIpc) is 2.51. The summed E-state index contributed by atoms with van der Waals surface area (Å²) in [5.41, 5.74) is 3.06. The SMILES string of the molecule is COCC(C)NC(=O)c1cccnc1Sc1ccc(C)c(C)c1. The topological polar surface area (TPSA) is 51.2 Å². The second-order valence-electron chi connectivity index (χ2n) is 5.53. The van der Waals surface area contributed by atoms with E-state index < -0.39 is 0 Å². The predicted octanol–water partition coefficient (Wildman–Crippen LogP) is 3.61. The number of methoxy groups -OCH3 is 1. The highest BCUT2D eigenvalue weighted by Gasteiger charge is 2.15. The van der Waals surface area contributed by atoms with E-state index in [-0.39, 0.29) is 11.9 Å². The number of carbonyl (C=O) groups excluding carboxylic acids is 1. The maximum Gasteiger partial charge on any atom is 0.254 e. The molecule has 0 aliphatic rings. The van der Waals surface area contributed by atoms with Gasteiger partial charge in [0.2, 0.25) is 0 Å². The molecule has 0 aliphatic heterocycles. The highest BCUT2D eigenvalue weighted by atomic mass is 32.2. The maximum atomic E-state index is 12.4. The number of aromatic nitrogens is 1. The van der Waals surface area contributed by atoms with E-state index in [1.54, 1.807) is 25.4 Å². The lowest BCUT2D eigenvalue weighted by molar-refractivity contribution is 0.0902. The fourth-order valence-electron chi connectivity index (χ4n) is 2.13. The van der Waals surface area contributed by atoms with Crippen LogP contribution in [0.15, 0.2) is 46.5 Å². The molecule has 122 valence electrons. The van der Waals surface area contributed by atoms with Crippen LogP contribution in [0.5, 0.6) is 0 Å². The van der Waals surface area contributed by atoms with E-state index >= 15 is 0 Å². The number of benzene rings is 1. The molecular weight excluding hydrogens is 308 g/mol. The molecule has 1 unspecified atom stereocenters. The molecule has 0 radical (unpaired) electrons. The van der Waals surface area contributed by atoms with Crippen molar-refractivity contribution in [2.24, 2.45) is 0 Å². The van der Waals surface area contributed by atoms with Gasteiger partial charge in [-0.15, -0.1) is 0 Å². The first-order valence-corrected chi connectivity index (χ1v) is 8.33. The molecule has 0 saturated carbocycles. The van der Waals surface area contributed by atoms with Gasteiger partial charge in [0.1, 0.15) is 5.03 Å². The lowest BCUT2D eigenvalue weighted by Gasteiger charge is -2.14. The molecule has 1 heterocycles. The molecule has 1 amide bonds. The van der Waals surface area contributed by atoms with E-state index in [0.717, 1.165) is 4.90 Å². The number of nitrogens with zero attached hydrogens (tertiary/aromatic N) is 1. The normalized spacial score (nSPS) is 12.0. The zero-order chi connectivity index (χ0) is 16.8. The molecule has 5 heteroatoms. The Bertz CT molecular complexity index is 688. The summed E-state index contributed by atoms with van der Waals surface area (Å²) in [6, 6.07) is 9.78. The van der Waals surface area contributed by atoms with Crippen molar-refractivity contribution >= 4 is 17.7 Å². The first kappa shape index (κ1) is 17.5. The van der Waals surface area contributed by atoms with Gasteiger partial charge in [0.05, 0.1) is 12.2 Å². The molecular formula is C18H22N2O2S. The largest absolute Gasteiger partial charge is 0.383 e. The van der Waals surface area contributed by atoms with Crippen LogP contribution in [0.3, 0.4) is 0 Å². The Morgan fingerprint density at radius 3 is 2.78 bits per heavy atom. The molecule has 2 rings (SSSR count). The van der Waals surface area contributed by atoms with Gasteiger partial charge >= 0.3 is 0 Å². The number of pyridine rings is 1. The van der Waals surface area contributed by atoms with Gasteiger partial charge in [0.25, 0.3) is 5.91 Å². The van der Waals surface area contributed by atoms with E-state index in [0.29, 0.717) is 17.2 Å². The minimum absolute atomic E-state index is 0.0489. The molecule has 1 N–H and O–H groups in total. The van der Waals surface area contributed by atoms with Crippen molar-refractivity contribution < 1.29 is 9.53 Å². The molecule has 4 nitrogen and oxygen atoms in total. The highest BCUT2D eigenvalue weighted by Crippen LogP contribution is 2.29. The molecule has 23 heavy (non-hydrogen) atoms. The fourth-order valence-corrected chi connectivity index (χ4v) is 3.11. The number of hydrogen-bond donors (Lipinski definition) is 1. The summed E-state index contributed by atoms with van der Waals surface area (Å²) in [5.74, 6) is -0.131. The molecule has 0 bridgehead atoms. The van der Waals surface area contributed by atoms with Crippen molar-refractivity contribution in [2.45, 2.75) is 36.7 Å². The zero-order valence-corrected chi connectivity index (χ0v) is 14.7. The predicted molar refractivity (Wildman–Crippen MR) is 93.1 cm³/mol. The average molecular weight is 330 g/mol. The summed E-state index contributed by atoms with van der Waals surface area (Å²) >= 11 is 1.50. The van der Waals surface area contributed by atoms with Gasteiger partial charge in [-0.3, -0.25) is 4.79 Å². The number of nitrogens with one attached hydrogen (secondary N) is 1. The van der Waals surface area contributed by atoms with E-state index in [9.17, 15) is 4.79 Å². The van der Waals surface area contributed by atoms with Crippen LogP contribution in [0.25, 0.3) is 0 Å². The molecule has 0 spiro atoms. The van der Waals surface area contributed by atoms with Gasteiger partial charge < -0.3 is 10.1 Å². The third kappa shape index (κ3) is 4.81. The Kier molecular flexibility index (Phi) is 6.19. The number of amides is 1. The Morgan fingerprint density at radius 2 is 2.09 bits per heavy atom. The van der Waals surface area contributed by atoms with Crippen LogP contribution in [0.2, 0.25) is 0 Å². The molecule has 1 aromatic carbocycles. The molecule has 0 fully saturated rings. The quantitative estimate of drug-likeness (QED) is 0.879. The minimum atomic E-state index is -0.131. The standard InChI is InChI=1S/C18H22N2O2S/c1-12-7-8-15(10-13(12)2)23-18-16(6-5-9-19-18)17(21)20-14(3)11-22-4/h5-10,14H,11H2,1-4H3,(H,20,21). The van der Waals surface area contributed by atoms with Crippen LogP contribution in [0.4, 0.5) is 0 Å². The smallest absolute Gasteiger partial charge is 0.254 e. The second-order valence-corrected chi connectivity index (χ2v) is 6.60. The Hall–Kier alpha value is -1.85. The number of ether oxygens (including phenoxy) is 1. The van der Waals surface area contributed by atoms with Gasteiger partial charge in [0.15, 0.2) is 0 Å². The molecule has 2 aromatic rings. The van der Waals surface area contributed by atoms with Crippen molar-refractivity contribution in [3.05, 3.63) is 53.2 Å². The number of rotatable bonds is 6. The summed E-state index contributed by atoms with van der Waals surface area (Å²) in [6.45, 7) is 6.55. The highest BCUT2D eigenvalue weighted by molar-refractivity contribution is 7.99. The van der Waals surface area contributed by atoms with Gasteiger partial charge in [-0.25, -0.2) is 4.98 Å². The van der Waals surface area contributed by atoms with Crippen LogP contribution >= 0.6 is 11.8 Å². The van der Waals surface area contributed by atoms with Crippen molar-refractivity contribution in [1.82, 2.24) is 10.3 Å². The fraction of sp³-hybridized carbons (Fsp3) is 0.333. The second kappa shape index (κ2) is 8.13. The summed E-state index contributed by atoms with van der Waals surface area (Å²) < 4.78 is 5.06. The monoisotopic (exact) mass is 330 g/mol. The van der Waals surface area contributed by atoms with Gasteiger partial charge in [-0.05, 0) is 56.2 Å². The molecule has 0 aliphatic carbocycles. The van der Waals surface area contributed by atoms with Crippen LogP contribution in [0.1, 0.15) is 28.4 Å². The van der Waals surface area contributed by atoms with Crippen molar-refractivity contribution in [3.63, 3.8) is 0 Å².